The highest BCUT2D eigenvalue weighted by molar-refractivity contribution is 7.84. The summed E-state index contributed by atoms with van der Waals surface area (Å²) in [6, 6.07) is 8.24. The molecule has 36 heavy (non-hydrogen) atoms. The number of anilines is 1. The smallest absolute Gasteiger partial charge is 0.333 e. The van der Waals surface area contributed by atoms with Gasteiger partial charge in [0.25, 0.3) is 0 Å². The number of thiophene rings is 1. The first-order chi connectivity index (χ1) is 16.9. The Hall–Kier alpha value is -2.45. The van der Waals surface area contributed by atoms with Crippen LogP contribution in [0.1, 0.15) is 46.1 Å². The number of aliphatic hydroxyl groups excluding tert-OH is 1. The van der Waals surface area contributed by atoms with Crippen molar-refractivity contribution in [3.63, 3.8) is 0 Å². The molecule has 0 spiro atoms. The normalized spacial score (nSPS) is 21.8. The lowest BCUT2D eigenvalue weighted by Crippen LogP contribution is -2.24. The molecule has 5 N–H and O–H groups in total. The summed E-state index contributed by atoms with van der Waals surface area (Å²) < 4.78 is 26.8. The van der Waals surface area contributed by atoms with Crippen LogP contribution in [0.4, 0.5) is 5.82 Å². The molecule has 1 unspecified atom stereocenters. The van der Waals surface area contributed by atoms with Crippen molar-refractivity contribution in [1.29, 1.82) is 0 Å². The number of ketones is 1. The highest BCUT2D eigenvalue weighted by atomic mass is 35.5. The molecule has 4 rings (SSSR count). The second-order valence-electron chi connectivity index (χ2n) is 8.81. The van der Waals surface area contributed by atoms with Gasteiger partial charge in [0.2, 0.25) is 5.78 Å². The van der Waals surface area contributed by atoms with E-state index in [0.29, 0.717) is 33.9 Å². The summed E-state index contributed by atoms with van der Waals surface area (Å²) >= 11 is 7.27. The van der Waals surface area contributed by atoms with E-state index in [9.17, 15) is 23.4 Å². The molecule has 192 valence electrons. The maximum Gasteiger partial charge on any atom is 0.333 e. The van der Waals surface area contributed by atoms with Crippen LogP contribution in [0.15, 0.2) is 48.2 Å². The number of hydrogen-bond donors (Lipinski definition) is 4. The Bertz CT molecular complexity index is 1360. The number of aromatic nitrogens is 2. The lowest BCUT2D eigenvalue weighted by atomic mass is 9.90. The van der Waals surface area contributed by atoms with Crippen molar-refractivity contribution in [3.05, 3.63) is 74.8 Å². The van der Waals surface area contributed by atoms with Gasteiger partial charge in [-0.15, -0.1) is 11.3 Å². The number of rotatable bonds is 9. The molecule has 3 aromatic rings. The van der Waals surface area contributed by atoms with Crippen LogP contribution in [0.25, 0.3) is 0 Å². The van der Waals surface area contributed by atoms with Crippen LogP contribution < -0.4 is 10.5 Å². The van der Waals surface area contributed by atoms with Gasteiger partial charge in [-0.3, -0.25) is 8.98 Å². The quantitative estimate of drug-likeness (QED) is 0.292. The minimum Gasteiger partial charge on any atom is -0.393 e. The molecule has 13 heteroatoms. The number of carbonyl (C=O) groups excluding carboxylic acids is 1. The van der Waals surface area contributed by atoms with Crippen molar-refractivity contribution in [2.24, 2.45) is 11.1 Å². The van der Waals surface area contributed by atoms with Gasteiger partial charge in [-0.25, -0.2) is 15.1 Å². The van der Waals surface area contributed by atoms with Gasteiger partial charge in [0, 0.05) is 23.2 Å². The first-order valence-corrected chi connectivity index (χ1v) is 13.7. The molecule has 10 nitrogen and oxygen atoms in total. The molecule has 1 fully saturated rings. The Balaban J connectivity index is 1.50. The third kappa shape index (κ3) is 6.09. The Morgan fingerprint density at radius 1 is 1.33 bits per heavy atom. The maximum absolute atomic E-state index is 13.4. The fourth-order valence-corrected chi connectivity index (χ4v) is 5.71. The Kier molecular flexibility index (Phi) is 7.76. The number of nitrogens with two attached hydrogens (primary N) is 1. The predicted octanol–water partition coefficient (Wildman–Crippen LogP) is 2.45. The Morgan fingerprint density at radius 3 is 2.83 bits per heavy atom. The topological polar surface area (TPSA) is 165 Å². The molecule has 1 aromatic carbocycles. The van der Waals surface area contributed by atoms with Gasteiger partial charge >= 0.3 is 10.3 Å². The molecule has 0 amide bonds. The summed E-state index contributed by atoms with van der Waals surface area (Å²) in [4.78, 5) is 21.9. The number of halogens is 1. The van der Waals surface area contributed by atoms with Crippen LogP contribution in [0.2, 0.25) is 5.02 Å². The maximum atomic E-state index is 13.4. The van der Waals surface area contributed by atoms with E-state index in [4.69, 9.17) is 16.7 Å². The molecule has 0 radical (unpaired) electrons. The molecule has 1 aliphatic carbocycles. The zero-order valence-electron chi connectivity index (χ0n) is 19.2. The number of aliphatic hydroxyl groups is 2. The van der Waals surface area contributed by atoms with Crippen molar-refractivity contribution in [3.8, 4) is 0 Å². The van der Waals surface area contributed by atoms with Crippen molar-refractivity contribution >= 4 is 44.8 Å². The molecule has 1 aliphatic rings. The van der Waals surface area contributed by atoms with E-state index < -0.39 is 27.9 Å². The molecule has 1 saturated carbocycles. The van der Waals surface area contributed by atoms with E-state index in [1.807, 2.05) is 0 Å². The van der Waals surface area contributed by atoms with E-state index >= 15 is 0 Å². The zero-order valence-corrected chi connectivity index (χ0v) is 21.6. The summed E-state index contributed by atoms with van der Waals surface area (Å²) in [5.74, 6) is -0.490. The van der Waals surface area contributed by atoms with Crippen molar-refractivity contribution in [2.45, 2.75) is 37.5 Å². The monoisotopic (exact) mass is 552 g/mol. The van der Waals surface area contributed by atoms with Crippen LogP contribution in [0.3, 0.4) is 0 Å². The number of hydrogen-bond acceptors (Lipinski definition) is 10. The highest BCUT2D eigenvalue weighted by Gasteiger charge is 2.35. The van der Waals surface area contributed by atoms with E-state index in [2.05, 4.69) is 19.5 Å². The molecule has 0 saturated heterocycles. The van der Waals surface area contributed by atoms with Gasteiger partial charge in [0.05, 0.1) is 23.2 Å². The van der Waals surface area contributed by atoms with Crippen molar-refractivity contribution < 1.29 is 27.6 Å². The van der Waals surface area contributed by atoms with Crippen molar-refractivity contribution in [1.82, 2.24) is 9.97 Å². The van der Waals surface area contributed by atoms with E-state index in [1.54, 1.807) is 42.6 Å². The third-order valence-electron chi connectivity index (χ3n) is 6.17. The standard InChI is InChI=1S/C23H25ClN4O6S2/c1-23(31,14-3-2-4-16(24)6-14)15-7-20(35-11-15)21(30)18-9-26-12-27-22(18)28-17-5-13(19(29)8-17)10-34-36(25,32)33/h2-4,6-7,9,11-13,17,19,29,31H,5,8,10H2,1H3,(H2,25,32,33)(H,26,27,28)/t13-,17-,19+,23?/m1/s1. The lowest BCUT2D eigenvalue weighted by molar-refractivity contribution is 0.100. The Morgan fingerprint density at radius 2 is 2.11 bits per heavy atom. The highest BCUT2D eigenvalue weighted by Crippen LogP contribution is 2.35. The van der Waals surface area contributed by atoms with Crippen LogP contribution in [-0.4, -0.2) is 53.1 Å². The van der Waals surface area contributed by atoms with Crippen molar-refractivity contribution in [2.75, 3.05) is 11.9 Å². The number of benzene rings is 1. The third-order valence-corrected chi connectivity index (χ3v) is 7.80. The summed E-state index contributed by atoms with van der Waals surface area (Å²) in [5.41, 5.74) is 0.00788. The van der Waals surface area contributed by atoms with E-state index in [1.165, 1.54) is 23.9 Å². The predicted molar refractivity (Wildman–Crippen MR) is 135 cm³/mol. The van der Waals surface area contributed by atoms with Gasteiger partial charge in [-0.1, -0.05) is 23.7 Å². The molecule has 4 atom stereocenters. The number of nitrogens with one attached hydrogen (secondary N) is 1. The average molecular weight is 553 g/mol. The fourth-order valence-electron chi connectivity index (χ4n) is 4.19. The van der Waals surface area contributed by atoms with Crippen LogP contribution in [0, 0.1) is 5.92 Å². The molecular weight excluding hydrogens is 528 g/mol. The lowest BCUT2D eigenvalue weighted by Gasteiger charge is -2.23. The van der Waals surface area contributed by atoms with Crippen LogP contribution in [-0.2, 0) is 20.1 Å². The van der Waals surface area contributed by atoms with E-state index in [-0.39, 0.29) is 29.8 Å². The van der Waals surface area contributed by atoms with Gasteiger partial charge < -0.3 is 15.5 Å². The first kappa shape index (κ1) is 26.6. The minimum absolute atomic E-state index is 0.229. The molecule has 0 bridgehead atoms. The summed E-state index contributed by atoms with van der Waals surface area (Å²) in [6.45, 7) is 1.40. The van der Waals surface area contributed by atoms with Gasteiger partial charge in [-0.2, -0.15) is 8.42 Å². The van der Waals surface area contributed by atoms with Crippen LogP contribution in [0.5, 0.6) is 0 Å². The minimum atomic E-state index is -4.11. The van der Waals surface area contributed by atoms with Crippen LogP contribution >= 0.6 is 22.9 Å². The number of carbonyl (C=O) groups is 1. The second kappa shape index (κ2) is 10.5. The largest absolute Gasteiger partial charge is 0.393 e. The van der Waals surface area contributed by atoms with Gasteiger partial charge in [0.1, 0.15) is 17.7 Å². The van der Waals surface area contributed by atoms with Gasteiger partial charge in [-0.05, 0) is 54.5 Å². The fraction of sp³-hybridized carbons (Fsp3) is 0.348. The first-order valence-electron chi connectivity index (χ1n) is 11.0. The summed E-state index contributed by atoms with van der Waals surface area (Å²) in [5, 5.41) is 31.7. The number of nitrogens with zero attached hydrogens (tertiary/aromatic N) is 2. The molecule has 0 aliphatic heterocycles. The van der Waals surface area contributed by atoms with Gasteiger partial charge in [0.15, 0.2) is 0 Å². The second-order valence-corrected chi connectivity index (χ2v) is 11.4. The van der Waals surface area contributed by atoms with E-state index in [0.717, 1.165) is 0 Å². The Labute approximate surface area is 217 Å². The molecule has 2 aromatic heterocycles. The molecule has 2 heterocycles. The SMILES string of the molecule is CC(O)(c1cccc(Cl)c1)c1csc(C(=O)c2cncnc2N[C@@H]2C[C@H](COS(N)(=O)=O)[C@@H](O)C2)c1. The average Bonchev–Trinajstić information content (AvgIpc) is 3.44. The zero-order chi connectivity index (χ0) is 26.1. The molecular formula is C23H25ClN4O6S2. The summed E-state index contributed by atoms with van der Waals surface area (Å²) in [7, 11) is -4.11. The summed E-state index contributed by atoms with van der Waals surface area (Å²) in [6.07, 6.45) is 2.59.